The summed E-state index contributed by atoms with van der Waals surface area (Å²) in [6.07, 6.45) is 0.867. The first-order chi connectivity index (χ1) is 6.07. The number of aromatic nitrogens is 3. The van der Waals surface area contributed by atoms with Gasteiger partial charge in [0.15, 0.2) is 0 Å². The maximum absolute atomic E-state index is 11.6. The van der Waals surface area contributed by atoms with Crippen molar-refractivity contribution in [3.63, 3.8) is 0 Å². The van der Waals surface area contributed by atoms with Gasteiger partial charge in [-0.25, -0.2) is 0 Å². The van der Waals surface area contributed by atoms with E-state index in [2.05, 4.69) is 10.2 Å². The average Bonchev–Trinajstić information content (AvgIpc) is 2.13. The third-order valence-electron chi connectivity index (χ3n) is 2.12. The van der Waals surface area contributed by atoms with Crippen LogP contribution in [0, 0.1) is 0 Å². The molecule has 5 heteroatoms. The number of hydrogen-bond donors (Lipinski definition) is 0. The smallest absolute Gasteiger partial charge is 0.276 e. The minimum Gasteiger partial charge on any atom is -0.283 e. The van der Waals surface area contributed by atoms with E-state index in [0.717, 1.165) is 6.42 Å². The minimum absolute atomic E-state index is 0.122. The molecule has 1 rings (SSSR count). The van der Waals surface area contributed by atoms with Crippen molar-refractivity contribution in [3.05, 3.63) is 21.3 Å². The van der Waals surface area contributed by atoms with Crippen molar-refractivity contribution in [2.45, 2.75) is 26.2 Å². The van der Waals surface area contributed by atoms with Gasteiger partial charge in [0, 0.05) is 13.0 Å². The van der Waals surface area contributed by atoms with E-state index in [0.29, 0.717) is 5.69 Å². The van der Waals surface area contributed by atoms with Crippen LogP contribution in [0.3, 0.4) is 0 Å². The molecule has 0 saturated carbocycles. The Labute approximate surface area is 81.6 Å². The quantitative estimate of drug-likeness (QED) is 0.726. The van der Waals surface area contributed by atoms with Crippen LogP contribution in [0.4, 0.5) is 0 Å². The largest absolute Gasteiger partial charge is 0.283 e. The summed E-state index contributed by atoms with van der Waals surface area (Å²) in [5, 5.41) is 7.60. The lowest BCUT2D eigenvalue weighted by Crippen LogP contribution is -2.26. The molecule has 1 unspecified atom stereocenters. The monoisotopic (exact) mass is 201 g/mol. The molecule has 1 aromatic heterocycles. The zero-order valence-electron chi connectivity index (χ0n) is 7.91. The van der Waals surface area contributed by atoms with Crippen molar-refractivity contribution in [2.24, 2.45) is 7.05 Å². The Morgan fingerprint density at radius 2 is 2.15 bits per heavy atom. The normalized spacial score (nSPS) is 12.9. The van der Waals surface area contributed by atoms with Crippen molar-refractivity contribution in [1.82, 2.24) is 14.8 Å². The highest BCUT2D eigenvalue weighted by Crippen LogP contribution is 2.11. The Hall–Kier alpha value is -0.900. The topological polar surface area (TPSA) is 47.8 Å². The molecule has 1 heterocycles. The molecule has 13 heavy (non-hydrogen) atoms. The van der Waals surface area contributed by atoms with Crippen molar-refractivity contribution >= 4 is 11.6 Å². The highest BCUT2D eigenvalue weighted by atomic mass is 35.5. The first kappa shape index (κ1) is 10.2. The average molecular weight is 202 g/mol. The summed E-state index contributed by atoms with van der Waals surface area (Å²) in [6, 6.07) is 0. The fraction of sp³-hybridized carbons (Fsp3) is 0.625. The lowest BCUT2D eigenvalue weighted by molar-refractivity contribution is 0.640. The van der Waals surface area contributed by atoms with E-state index in [1.165, 1.54) is 4.57 Å². The summed E-state index contributed by atoms with van der Waals surface area (Å²) >= 11 is 5.62. The van der Waals surface area contributed by atoms with Gasteiger partial charge in [-0.05, 0) is 18.0 Å². The van der Waals surface area contributed by atoms with Crippen LogP contribution in [0.2, 0.25) is 5.28 Å². The van der Waals surface area contributed by atoms with E-state index in [1.807, 2.05) is 13.8 Å². The molecule has 0 saturated heterocycles. The van der Waals surface area contributed by atoms with Crippen LogP contribution in [0.1, 0.15) is 31.9 Å². The molecule has 0 aliphatic carbocycles. The molecule has 0 fully saturated rings. The molecule has 1 atom stereocenters. The lowest BCUT2D eigenvalue weighted by atomic mass is 10.1. The second-order valence-corrected chi connectivity index (χ2v) is 3.37. The molecular formula is C8H12ClN3O. The van der Waals surface area contributed by atoms with Gasteiger partial charge in [-0.15, -0.1) is 10.2 Å². The maximum atomic E-state index is 11.6. The maximum Gasteiger partial charge on any atom is 0.276 e. The third kappa shape index (κ3) is 1.88. The molecular weight excluding hydrogens is 190 g/mol. The van der Waals surface area contributed by atoms with Gasteiger partial charge < -0.3 is 0 Å². The molecule has 1 aromatic rings. The summed E-state index contributed by atoms with van der Waals surface area (Å²) in [5.41, 5.74) is 0.323. The summed E-state index contributed by atoms with van der Waals surface area (Å²) in [4.78, 5) is 11.6. The number of hydrogen-bond acceptors (Lipinski definition) is 3. The summed E-state index contributed by atoms with van der Waals surface area (Å²) < 4.78 is 1.30. The summed E-state index contributed by atoms with van der Waals surface area (Å²) in [6.45, 7) is 3.94. The first-order valence-corrected chi connectivity index (χ1v) is 4.54. The standard InChI is InChI=1S/C8H12ClN3O/c1-4-5(2)6-7(13)12(3)8(9)11-10-6/h5H,4H2,1-3H3. The Morgan fingerprint density at radius 1 is 1.54 bits per heavy atom. The number of halogens is 1. The van der Waals surface area contributed by atoms with Gasteiger partial charge in [0.2, 0.25) is 5.28 Å². The molecule has 0 bridgehead atoms. The predicted molar refractivity (Wildman–Crippen MR) is 51.0 cm³/mol. The predicted octanol–water partition coefficient (Wildman–Crippen LogP) is 1.34. The second kappa shape index (κ2) is 3.87. The molecule has 0 radical (unpaired) electrons. The van der Waals surface area contributed by atoms with Gasteiger partial charge in [-0.2, -0.15) is 0 Å². The Bertz CT molecular complexity index is 361. The second-order valence-electron chi connectivity index (χ2n) is 3.03. The van der Waals surface area contributed by atoms with Crippen molar-refractivity contribution in [1.29, 1.82) is 0 Å². The van der Waals surface area contributed by atoms with Crippen molar-refractivity contribution in [2.75, 3.05) is 0 Å². The third-order valence-corrected chi connectivity index (χ3v) is 2.45. The fourth-order valence-corrected chi connectivity index (χ4v) is 1.08. The van der Waals surface area contributed by atoms with Crippen molar-refractivity contribution in [3.8, 4) is 0 Å². The van der Waals surface area contributed by atoms with Crippen LogP contribution in [0.5, 0.6) is 0 Å². The van der Waals surface area contributed by atoms with E-state index in [1.54, 1.807) is 7.05 Å². The Balaban J connectivity index is 3.26. The lowest BCUT2D eigenvalue weighted by Gasteiger charge is -2.07. The van der Waals surface area contributed by atoms with Crippen LogP contribution in [-0.4, -0.2) is 14.8 Å². The van der Waals surface area contributed by atoms with Crippen molar-refractivity contribution < 1.29 is 0 Å². The van der Waals surface area contributed by atoms with Crippen LogP contribution in [0.25, 0.3) is 0 Å². The molecule has 0 spiro atoms. The Morgan fingerprint density at radius 3 is 2.69 bits per heavy atom. The van der Waals surface area contributed by atoms with E-state index in [9.17, 15) is 4.79 Å². The summed E-state index contributed by atoms with van der Waals surface area (Å²) in [5.74, 6) is 0.128. The van der Waals surface area contributed by atoms with Crippen LogP contribution >= 0.6 is 11.6 Å². The fourth-order valence-electron chi connectivity index (χ4n) is 0.963. The van der Waals surface area contributed by atoms with E-state index in [4.69, 9.17) is 11.6 Å². The number of nitrogens with zero attached hydrogens (tertiary/aromatic N) is 3. The molecule has 0 N–H and O–H groups in total. The zero-order valence-corrected chi connectivity index (χ0v) is 8.67. The Kier molecular flexibility index (Phi) is 3.03. The molecule has 0 aromatic carbocycles. The molecule has 0 aliphatic heterocycles. The molecule has 4 nitrogen and oxygen atoms in total. The van der Waals surface area contributed by atoms with Gasteiger partial charge in [-0.1, -0.05) is 13.8 Å². The summed E-state index contributed by atoms with van der Waals surface area (Å²) in [7, 11) is 1.59. The van der Waals surface area contributed by atoms with Crippen LogP contribution < -0.4 is 5.56 Å². The van der Waals surface area contributed by atoms with E-state index in [-0.39, 0.29) is 16.8 Å². The van der Waals surface area contributed by atoms with Gasteiger partial charge >= 0.3 is 0 Å². The molecule has 72 valence electrons. The number of rotatable bonds is 2. The van der Waals surface area contributed by atoms with Gasteiger partial charge in [-0.3, -0.25) is 9.36 Å². The SMILES string of the molecule is CCC(C)c1nnc(Cl)n(C)c1=O. The van der Waals surface area contributed by atoms with Gasteiger partial charge in [0.05, 0.1) is 0 Å². The minimum atomic E-state index is -0.158. The highest BCUT2D eigenvalue weighted by molar-refractivity contribution is 6.28. The zero-order chi connectivity index (χ0) is 10.0. The highest BCUT2D eigenvalue weighted by Gasteiger charge is 2.12. The molecule has 0 amide bonds. The first-order valence-electron chi connectivity index (χ1n) is 4.17. The van der Waals surface area contributed by atoms with Gasteiger partial charge in [0.25, 0.3) is 5.56 Å². The van der Waals surface area contributed by atoms with Gasteiger partial charge in [0.1, 0.15) is 5.69 Å². The van der Waals surface area contributed by atoms with Crippen LogP contribution in [-0.2, 0) is 7.05 Å². The van der Waals surface area contributed by atoms with Crippen LogP contribution in [0.15, 0.2) is 4.79 Å². The van der Waals surface area contributed by atoms with E-state index >= 15 is 0 Å². The van der Waals surface area contributed by atoms with E-state index < -0.39 is 0 Å². The molecule has 0 aliphatic rings.